The lowest BCUT2D eigenvalue weighted by atomic mass is 9.82. The van der Waals surface area contributed by atoms with E-state index in [9.17, 15) is 9.59 Å². The van der Waals surface area contributed by atoms with Crippen molar-refractivity contribution in [1.82, 2.24) is 0 Å². The highest BCUT2D eigenvalue weighted by atomic mass is 16.4. The van der Waals surface area contributed by atoms with E-state index in [1.807, 2.05) is 0 Å². The molecule has 1 saturated carbocycles. The first kappa shape index (κ1) is 9.03. The molecule has 0 heterocycles. The van der Waals surface area contributed by atoms with Gasteiger partial charge in [0.1, 0.15) is 0 Å². The molecule has 0 aromatic rings. The Morgan fingerprint density at radius 3 is 1.25 bits per heavy atom. The van der Waals surface area contributed by atoms with E-state index in [1.54, 1.807) is 0 Å². The van der Waals surface area contributed by atoms with Gasteiger partial charge in [-0.1, -0.05) is 0 Å². The summed E-state index contributed by atoms with van der Waals surface area (Å²) < 4.78 is 0. The van der Waals surface area contributed by atoms with Crippen LogP contribution in [-0.4, -0.2) is 22.2 Å². The van der Waals surface area contributed by atoms with Crippen LogP contribution in [0.1, 0.15) is 25.7 Å². The lowest BCUT2D eigenvalue weighted by Crippen LogP contribution is -2.25. The van der Waals surface area contributed by atoms with E-state index in [2.05, 4.69) is 0 Å². The Hall–Kier alpha value is -1.06. The first-order chi connectivity index (χ1) is 5.61. The van der Waals surface area contributed by atoms with Crippen LogP contribution in [0.3, 0.4) is 0 Å². The second kappa shape index (κ2) is 3.56. The molecule has 0 aromatic heterocycles. The molecule has 0 atom stereocenters. The van der Waals surface area contributed by atoms with Gasteiger partial charge in [0.15, 0.2) is 0 Å². The molecule has 0 spiro atoms. The van der Waals surface area contributed by atoms with Crippen LogP contribution in [-0.2, 0) is 9.59 Å². The number of carboxylic acids is 2. The highest BCUT2D eigenvalue weighted by molar-refractivity contribution is 5.72. The molecule has 1 rings (SSSR count). The van der Waals surface area contributed by atoms with Crippen molar-refractivity contribution in [1.29, 1.82) is 0 Å². The van der Waals surface area contributed by atoms with Crippen molar-refractivity contribution >= 4 is 11.9 Å². The maximum absolute atomic E-state index is 10.5. The summed E-state index contributed by atoms with van der Waals surface area (Å²) in [6.07, 6.45) is 2.03. The standard InChI is InChI=1S/C8H12O4/c9-7(10)5-1-2-6(4-3-5)8(11)12/h5-6H,1-4H2,(H,9,10)(H,11,12)/t5-,6-. The molecule has 68 valence electrons. The van der Waals surface area contributed by atoms with Crippen LogP contribution >= 0.6 is 0 Å². The van der Waals surface area contributed by atoms with E-state index in [-0.39, 0.29) is 11.8 Å². The van der Waals surface area contributed by atoms with Gasteiger partial charge in [-0.15, -0.1) is 0 Å². The molecule has 0 aliphatic heterocycles. The number of aliphatic carboxylic acids is 2. The van der Waals surface area contributed by atoms with Gasteiger partial charge in [0.2, 0.25) is 0 Å². The summed E-state index contributed by atoms with van der Waals surface area (Å²) in [6.45, 7) is 0. The Balaban J connectivity index is 2.39. The molecular formula is C8H12O4. The SMILES string of the molecule is O=C(O)[C@H]1CC[C@H](C(=O)O)CC1. The Bertz CT molecular complexity index is 169. The van der Waals surface area contributed by atoms with Gasteiger partial charge < -0.3 is 10.2 Å². The summed E-state index contributed by atoms with van der Waals surface area (Å²) in [5.41, 5.74) is 0. The second-order valence-corrected chi connectivity index (χ2v) is 3.23. The molecule has 4 nitrogen and oxygen atoms in total. The van der Waals surface area contributed by atoms with Crippen LogP contribution in [0.25, 0.3) is 0 Å². The number of rotatable bonds is 2. The quantitative estimate of drug-likeness (QED) is 0.650. The average Bonchev–Trinajstić information content (AvgIpc) is 2.04. The number of hydrogen-bond donors (Lipinski definition) is 2. The van der Waals surface area contributed by atoms with Crippen molar-refractivity contribution in [3.05, 3.63) is 0 Å². The summed E-state index contributed by atoms with van der Waals surface area (Å²) in [5.74, 6) is -2.22. The molecule has 0 radical (unpaired) electrons. The Labute approximate surface area is 70.2 Å². The van der Waals surface area contributed by atoms with Gasteiger partial charge in [0.05, 0.1) is 11.8 Å². The van der Waals surface area contributed by atoms with Gasteiger partial charge in [-0.2, -0.15) is 0 Å². The summed E-state index contributed by atoms with van der Waals surface area (Å²) in [5, 5.41) is 17.2. The van der Waals surface area contributed by atoms with E-state index in [0.717, 1.165) is 0 Å². The Morgan fingerprint density at radius 2 is 1.08 bits per heavy atom. The zero-order valence-corrected chi connectivity index (χ0v) is 6.69. The minimum absolute atomic E-state index is 0.319. The molecule has 0 unspecified atom stereocenters. The lowest BCUT2D eigenvalue weighted by Gasteiger charge is -2.22. The van der Waals surface area contributed by atoms with Crippen molar-refractivity contribution < 1.29 is 19.8 Å². The lowest BCUT2D eigenvalue weighted by molar-refractivity contribution is -0.148. The van der Waals surface area contributed by atoms with Crippen LogP contribution in [0.5, 0.6) is 0 Å². The zero-order chi connectivity index (χ0) is 9.14. The minimum Gasteiger partial charge on any atom is -0.481 e. The van der Waals surface area contributed by atoms with Crippen molar-refractivity contribution in [2.24, 2.45) is 11.8 Å². The molecular weight excluding hydrogens is 160 g/mol. The van der Waals surface area contributed by atoms with Gasteiger partial charge in [0.25, 0.3) is 0 Å². The summed E-state index contributed by atoms with van der Waals surface area (Å²) in [4.78, 5) is 21.0. The topological polar surface area (TPSA) is 74.6 Å². The highest BCUT2D eigenvalue weighted by Gasteiger charge is 2.29. The molecule has 0 bridgehead atoms. The Kier molecular flexibility index (Phi) is 2.68. The molecule has 0 aromatic carbocycles. The van der Waals surface area contributed by atoms with Crippen molar-refractivity contribution in [3.8, 4) is 0 Å². The molecule has 1 aliphatic carbocycles. The molecule has 4 heteroatoms. The fourth-order valence-corrected chi connectivity index (χ4v) is 1.59. The molecule has 1 fully saturated rings. The number of carbonyl (C=O) groups is 2. The smallest absolute Gasteiger partial charge is 0.306 e. The predicted octanol–water partition coefficient (Wildman–Crippen LogP) is 0.962. The van der Waals surface area contributed by atoms with Gasteiger partial charge in [-0.25, -0.2) is 0 Å². The fourth-order valence-electron chi connectivity index (χ4n) is 1.59. The zero-order valence-electron chi connectivity index (χ0n) is 6.69. The number of carboxylic acid groups (broad SMARTS) is 2. The number of hydrogen-bond acceptors (Lipinski definition) is 2. The van der Waals surface area contributed by atoms with E-state index in [1.165, 1.54) is 0 Å². The van der Waals surface area contributed by atoms with Crippen molar-refractivity contribution in [3.63, 3.8) is 0 Å². The molecule has 12 heavy (non-hydrogen) atoms. The normalized spacial score (nSPS) is 29.7. The van der Waals surface area contributed by atoms with Gasteiger partial charge in [0, 0.05) is 0 Å². The molecule has 1 aliphatic rings. The molecule has 2 N–H and O–H groups in total. The van der Waals surface area contributed by atoms with Crippen LogP contribution < -0.4 is 0 Å². The maximum Gasteiger partial charge on any atom is 0.306 e. The summed E-state index contributed by atoms with van der Waals surface area (Å²) in [7, 11) is 0. The van der Waals surface area contributed by atoms with E-state index >= 15 is 0 Å². The third-order valence-electron chi connectivity index (χ3n) is 2.43. The average molecular weight is 172 g/mol. The first-order valence-electron chi connectivity index (χ1n) is 4.07. The minimum atomic E-state index is -0.793. The van der Waals surface area contributed by atoms with E-state index in [4.69, 9.17) is 10.2 Å². The third-order valence-corrected chi connectivity index (χ3v) is 2.43. The predicted molar refractivity (Wildman–Crippen MR) is 40.7 cm³/mol. The van der Waals surface area contributed by atoms with E-state index in [0.29, 0.717) is 25.7 Å². The second-order valence-electron chi connectivity index (χ2n) is 3.23. The van der Waals surface area contributed by atoms with Gasteiger partial charge >= 0.3 is 11.9 Å². The monoisotopic (exact) mass is 172 g/mol. The Morgan fingerprint density at radius 1 is 0.833 bits per heavy atom. The summed E-state index contributed by atoms with van der Waals surface area (Å²) in [6, 6.07) is 0. The molecule has 0 amide bonds. The van der Waals surface area contributed by atoms with Crippen molar-refractivity contribution in [2.45, 2.75) is 25.7 Å². The fraction of sp³-hybridized carbons (Fsp3) is 0.750. The van der Waals surface area contributed by atoms with Crippen LogP contribution in [0.4, 0.5) is 0 Å². The van der Waals surface area contributed by atoms with Crippen LogP contribution in [0.15, 0.2) is 0 Å². The largest absolute Gasteiger partial charge is 0.481 e. The van der Waals surface area contributed by atoms with Crippen LogP contribution in [0.2, 0.25) is 0 Å². The highest BCUT2D eigenvalue weighted by Crippen LogP contribution is 2.28. The van der Waals surface area contributed by atoms with Gasteiger partial charge in [-0.3, -0.25) is 9.59 Å². The first-order valence-corrected chi connectivity index (χ1v) is 4.07. The van der Waals surface area contributed by atoms with Gasteiger partial charge in [-0.05, 0) is 25.7 Å². The summed E-state index contributed by atoms with van der Waals surface area (Å²) >= 11 is 0. The third kappa shape index (κ3) is 1.96. The van der Waals surface area contributed by atoms with Crippen molar-refractivity contribution in [2.75, 3.05) is 0 Å². The van der Waals surface area contributed by atoms with E-state index < -0.39 is 11.9 Å². The maximum atomic E-state index is 10.5. The van der Waals surface area contributed by atoms with Crippen LogP contribution in [0, 0.1) is 11.8 Å². The molecule has 0 saturated heterocycles.